The maximum Gasteiger partial charge on any atom is 0.0457 e. The molecule has 0 saturated carbocycles. The predicted octanol–water partition coefficient (Wildman–Crippen LogP) is 3.56. The topological polar surface area (TPSA) is 41.8 Å². The van der Waals surface area contributed by atoms with Gasteiger partial charge in [-0.2, -0.15) is 0 Å². The van der Waals surface area contributed by atoms with Gasteiger partial charge < -0.3 is 10.7 Å². The first-order chi connectivity index (χ1) is 7.16. The van der Waals surface area contributed by atoms with Crippen LogP contribution in [0.3, 0.4) is 0 Å². The summed E-state index contributed by atoms with van der Waals surface area (Å²) in [6.45, 7) is 5.89. The van der Waals surface area contributed by atoms with Crippen molar-refractivity contribution in [3.8, 4) is 0 Å². The first kappa shape index (κ1) is 12.8. The smallest absolute Gasteiger partial charge is 0.0457 e. The van der Waals surface area contributed by atoms with Gasteiger partial charge >= 0.3 is 0 Å². The molecule has 1 aromatic carbocycles. The van der Waals surface area contributed by atoms with Crippen LogP contribution >= 0.6 is 12.4 Å². The third kappa shape index (κ3) is 2.65. The molecule has 2 aromatic rings. The van der Waals surface area contributed by atoms with Gasteiger partial charge in [0, 0.05) is 17.8 Å². The van der Waals surface area contributed by atoms with Gasteiger partial charge in [0.25, 0.3) is 0 Å². The molecular weight excluding hydrogens is 220 g/mol. The van der Waals surface area contributed by atoms with Crippen molar-refractivity contribution < 1.29 is 0 Å². The first-order valence-electron chi connectivity index (χ1n) is 5.14. The molecule has 1 aromatic heterocycles. The van der Waals surface area contributed by atoms with Crippen molar-refractivity contribution in [1.29, 1.82) is 0 Å². The summed E-state index contributed by atoms with van der Waals surface area (Å²) in [4.78, 5) is 3.19. The zero-order chi connectivity index (χ0) is 10.8. The van der Waals surface area contributed by atoms with Crippen LogP contribution in [0.5, 0.6) is 0 Å². The fourth-order valence-corrected chi connectivity index (χ4v) is 1.79. The highest BCUT2D eigenvalue weighted by molar-refractivity contribution is 5.85. The molecule has 0 bridgehead atoms. The largest absolute Gasteiger partial charge is 0.361 e. The van der Waals surface area contributed by atoms with E-state index in [0.29, 0.717) is 0 Å². The molecule has 2 rings (SSSR count). The zero-order valence-corrected chi connectivity index (χ0v) is 10.2. The van der Waals surface area contributed by atoms with Crippen LogP contribution in [0.2, 0.25) is 0 Å². The maximum atomic E-state index is 6.08. The van der Waals surface area contributed by atoms with Crippen molar-refractivity contribution in [2.24, 2.45) is 5.73 Å². The molecular formula is C13H17ClN2. The number of nitrogens with two attached hydrogens (primary N) is 1. The minimum Gasteiger partial charge on any atom is -0.361 e. The number of halogens is 1. The summed E-state index contributed by atoms with van der Waals surface area (Å²) in [6, 6.07) is 8.41. The van der Waals surface area contributed by atoms with Crippen molar-refractivity contribution >= 4 is 23.3 Å². The summed E-state index contributed by atoms with van der Waals surface area (Å²) in [5, 5.41) is 1.22. The Morgan fingerprint density at radius 3 is 2.88 bits per heavy atom. The van der Waals surface area contributed by atoms with Crippen molar-refractivity contribution in [2.75, 3.05) is 0 Å². The molecule has 0 saturated heterocycles. The van der Waals surface area contributed by atoms with Gasteiger partial charge in [0.2, 0.25) is 0 Å². The van der Waals surface area contributed by atoms with E-state index in [1.165, 1.54) is 5.39 Å². The first-order valence-corrected chi connectivity index (χ1v) is 5.14. The fourth-order valence-electron chi connectivity index (χ4n) is 1.79. The highest BCUT2D eigenvalue weighted by atomic mass is 35.5. The second-order valence-corrected chi connectivity index (χ2v) is 4.09. The number of aromatic nitrogens is 1. The van der Waals surface area contributed by atoms with Crippen molar-refractivity contribution in [1.82, 2.24) is 4.98 Å². The van der Waals surface area contributed by atoms with Crippen molar-refractivity contribution in [3.63, 3.8) is 0 Å². The van der Waals surface area contributed by atoms with Crippen LogP contribution in [0.4, 0.5) is 0 Å². The van der Waals surface area contributed by atoms with Crippen LogP contribution < -0.4 is 5.73 Å². The van der Waals surface area contributed by atoms with E-state index in [0.717, 1.165) is 23.1 Å². The van der Waals surface area contributed by atoms with E-state index >= 15 is 0 Å². The Bertz CT molecular complexity index is 487. The molecule has 0 amide bonds. The van der Waals surface area contributed by atoms with E-state index in [4.69, 9.17) is 5.73 Å². The quantitative estimate of drug-likeness (QED) is 0.787. The number of hydrogen-bond donors (Lipinski definition) is 2. The van der Waals surface area contributed by atoms with Crippen LogP contribution in [0.1, 0.15) is 24.9 Å². The van der Waals surface area contributed by atoms with Crippen LogP contribution in [0, 0.1) is 0 Å². The summed E-state index contributed by atoms with van der Waals surface area (Å²) in [7, 11) is 0. The number of benzene rings is 1. The molecule has 0 unspecified atom stereocenters. The Kier molecular flexibility index (Phi) is 4.16. The van der Waals surface area contributed by atoms with Gasteiger partial charge in [-0.25, -0.2) is 0 Å². The molecule has 0 fully saturated rings. The van der Waals surface area contributed by atoms with Crippen molar-refractivity contribution in [2.45, 2.75) is 19.4 Å². The lowest BCUT2D eigenvalue weighted by molar-refractivity contribution is 0.718. The summed E-state index contributed by atoms with van der Waals surface area (Å²) >= 11 is 0. The molecule has 3 N–H and O–H groups in total. The highest BCUT2D eigenvalue weighted by Gasteiger charge is 2.06. The molecule has 2 nitrogen and oxygen atoms in total. The second kappa shape index (κ2) is 5.19. The van der Waals surface area contributed by atoms with Gasteiger partial charge in [-0.3, -0.25) is 0 Å². The Labute approximate surface area is 102 Å². The molecule has 86 valence electrons. The normalized spacial score (nSPS) is 12.1. The molecule has 0 spiro atoms. The summed E-state index contributed by atoms with van der Waals surface area (Å²) in [6.07, 6.45) is 2.78. The summed E-state index contributed by atoms with van der Waals surface area (Å²) < 4.78 is 0. The lowest BCUT2D eigenvalue weighted by atomic mass is 10.0. The fraction of sp³-hybridized carbons (Fsp3) is 0.231. The van der Waals surface area contributed by atoms with Gasteiger partial charge in [-0.1, -0.05) is 17.7 Å². The lowest BCUT2D eigenvalue weighted by Gasteiger charge is -2.11. The van der Waals surface area contributed by atoms with E-state index in [1.54, 1.807) is 0 Å². The van der Waals surface area contributed by atoms with Gasteiger partial charge in [-0.15, -0.1) is 19.0 Å². The molecule has 16 heavy (non-hydrogen) atoms. The van der Waals surface area contributed by atoms with Gasteiger partial charge in [0.1, 0.15) is 0 Å². The Morgan fingerprint density at radius 2 is 2.19 bits per heavy atom. The molecule has 1 atom stereocenters. The number of nitrogens with one attached hydrogen (secondary N) is 1. The van der Waals surface area contributed by atoms with Gasteiger partial charge in [-0.05, 0) is 36.4 Å². The highest BCUT2D eigenvalue weighted by Crippen LogP contribution is 2.21. The van der Waals surface area contributed by atoms with Crippen LogP contribution in [0.15, 0.2) is 42.6 Å². The standard InChI is InChI=1S/C13H16N2.ClH/c1-9(2)7-12(14)11-4-3-10-5-6-15-13(10)8-11;/h3-6,8,12,15H,1,7,14H2,2H3;1H/t12-;/m1./s1. The van der Waals surface area contributed by atoms with Crippen molar-refractivity contribution in [3.05, 3.63) is 48.2 Å². The van der Waals surface area contributed by atoms with E-state index in [2.05, 4.69) is 35.8 Å². The van der Waals surface area contributed by atoms with Crippen LogP contribution in [0.25, 0.3) is 10.9 Å². The molecule has 0 aliphatic heterocycles. The summed E-state index contributed by atoms with van der Waals surface area (Å²) in [5.74, 6) is 0. The Morgan fingerprint density at radius 1 is 1.44 bits per heavy atom. The molecule has 1 heterocycles. The number of hydrogen-bond acceptors (Lipinski definition) is 1. The van der Waals surface area contributed by atoms with Gasteiger partial charge in [0.05, 0.1) is 0 Å². The zero-order valence-electron chi connectivity index (χ0n) is 9.36. The summed E-state index contributed by atoms with van der Waals surface area (Å²) in [5.41, 5.74) is 9.50. The predicted molar refractivity (Wildman–Crippen MR) is 71.9 cm³/mol. The molecule has 3 heteroatoms. The monoisotopic (exact) mass is 236 g/mol. The van der Waals surface area contributed by atoms with E-state index in [9.17, 15) is 0 Å². The van der Waals surface area contributed by atoms with E-state index in [1.807, 2.05) is 13.1 Å². The number of aromatic amines is 1. The Hall–Kier alpha value is -1.25. The van der Waals surface area contributed by atoms with E-state index < -0.39 is 0 Å². The number of H-pyrrole nitrogens is 1. The number of fused-ring (bicyclic) bond motifs is 1. The average molecular weight is 237 g/mol. The second-order valence-electron chi connectivity index (χ2n) is 4.09. The molecule has 0 radical (unpaired) electrons. The average Bonchev–Trinajstić information content (AvgIpc) is 2.62. The SMILES string of the molecule is C=C(C)C[C@@H](N)c1ccc2cc[nH]c2c1.Cl. The maximum absolute atomic E-state index is 6.08. The third-order valence-corrected chi connectivity index (χ3v) is 2.58. The van der Waals surface area contributed by atoms with Gasteiger partial charge in [0.15, 0.2) is 0 Å². The molecule has 0 aliphatic rings. The lowest BCUT2D eigenvalue weighted by Crippen LogP contribution is -2.10. The minimum atomic E-state index is 0. The van der Waals surface area contributed by atoms with E-state index in [-0.39, 0.29) is 18.4 Å². The third-order valence-electron chi connectivity index (χ3n) is 2.58. The van der Waals surface area contributed by atoms with Crippen LogP contribution in [-0.2, 0) is 0 Å². The van der Waals surface area contributed by atoms with Crippen LogP contribution in [-0.4, -0.2) is 4.98 Å². The molecule has 0 aliphatic carbocycles. The minimum absolute atomic E-state index is 0. The Balaban J connectivity index is 0.00000128. The number of rotatable bonds is 3.